The lowest BCUT2D eigenvalue weighted by molar-refractivity contribution is -0.133. The molecule has 0 aliphatic carbocycles. The first-order valence-corrected chi connectivity index (χ1v) is 7.12. The third-order valence-corrected chi connectivity index (χ3v) is 3.36. The Labute approximate surface area is 122 Å². The molecule has 0 saturated carbocycles. The average Bonchev–Trinajstić information content (AvgIpc) is 2.42. The first-order valence-electron chi connectivity index (χ1n) is 7.12. The van der Waals surface area contributed by atoms with Gasteiger partial charge in [0.2, 0.25) is 5.91 Å². The van der Waals surface area contributed by atoms with Gasteiger partial charge in [0, 0.05) is 38.8 Å². The zero-order valence-electron chi connectivity index (χ0n) is 13.0. The van der Waals surface area contributed by atoms with Crippen LogP contribution in [0.2, 0.25) is 0 Å². The van der Waals surface area contributed by atoms with Gasteiger partial charge in [-0.05, 0) is 38.0 Å². The molecule has 0 aliphatic rings. The molecular formula is C16H26N2O2. The molecule has 4 heteroatoms. The van der Waals surface area contributed by atoms with E-state index in [0.29, 0.717) is 13.0 Å². The number of hydrogen-bond acceptors (Lipinski definition) is 3. The lowest BCUT2D eigenvalue weighted by atomic mass is 10.1. The molecule has 0 unspecified atom stereocenters. The minimum Gasteiger partial charge on any atom is -0.395 e. The monoisotopic (exact) mass is 278 g/mol. The summed E-state index contributed by atoms with van der Waals surface area (Å²) in [5, 5.41) is 9.00. The Hall–Kier alpha value is -1.55. The Balaban J connectivity index is 2.55. The van der Waals surface area contributed by atoms with E-state index in [2.05, 4.69) is 29.2 Å². The normalized spacial score (nSPS) is 10.7. The van der Waals surface area contributed by atoms with Gasteiger partial charge in [0.05, 0.1) is 6.61 Å². The highest BCUT2D eigenvalue weighted by molar-refractivity contribution is 5.76. The second-order valence-electron chi connectivity index (χ2n) is 5.47. The fourth-order valence-corrected chi connectivity index (χ4v) is 2.13. The molecule has 1 aromatic rings. The largest absolute Gasteiger partial charge is 0.395 e. The van der Waals surface area contributed by atoms with Gasteiger partial charge in [0.25, 0.3) is 0 Å². The molecule has 1 amide bonds. The number of rotatable bonds is 7. The Kier molecular flexibility index (Phi) is 6.52. The number of carbonyl (C=O) groups excluding carboxylic acids is 1. The molecule has 112 valence electrons. The molecule has 0 radical (unpaired) electrons. The van der Waals surface area contributed by atoms with Crippen LogP contribution >= 0.6 is 0 Å². The van der Waals surface area contributed by atoms with Crippen molar-refractivity contribution in [3.8, 4) is 0 Å². The van der Waals surface area contributed by atoms with Gasteiger partial charge < -0.3 is 14.9 Å². The molecule has 0 aliphatic heterocycles. The maximum atomic E-state index is 12.1. The highest BCUT2D eigenvalue weighted by atomic mass is 16.3. The zero-order chi connectivity index (χ0) is 15.1. The van der Waals surface area contributed by atoms with Crippen molar-refractivity contribution >= 4 is 11.6 Å². The number of anilines is 1. The van der Waals surface area contributed by atoms with Crippen LogP contribution in [0.5, 0.6) is 0 Å². The standard InChI is InChI=1S/C16H26N2O2/c1-13(2)18(11-12-19)16(20)10-7-14-5-8-15(9-6-14)17(3)4/h5-6,8-9,13,19H,7,10-12H2,1-4H3. The molecular weight excluding hydrogens is 252 g/mol. The topological polar surface area (TPSA) is 43.8 Å². The molecule has 0 atom stereocenters. The second-order valence-corrected chi connectivity index (χ2v) is 5.47. The van der Waals surface area contributed by atoms with Crippen molar-refractivity contribution in [2.45, 2.75) is 32.7 Å². The summed E-state index contributed by atoms with van der Waals surface area (Å²) in [6.45, 7) is 4.37. The minimum atomic E-state index is 0.0153. The quantitative estimate of drug-likeness (QED) is 0.828. The third-order valence-electron chi connectivity index (χ3n) is 3.36. The van der Waals surface area contributed by atoms with E-state index >= 15 is 0 Å². The van der Waals surface area contributed by atoms with Crippen LogP contribution in [0.25, 0.3) is 0 Å². The first kappa shape index (κ1) is 16.5. The van der Waals surface area contributed by atoms with Crippen LogP contribution in [0.3, 0.4) is 0 Å². The minimum absolute atomic E-state index is 0.0153. The molecule has 0 spiro atoms. The van der Waals surface area contributed by atoms with E-state index in [0.717, 1.165) is 17.7 Å². The van der Waals surface area contributed by atoms with Gasteiger partial charge in [0.1, 0.15) is 0 Å². The Morgan fingerprint density at radius 1 is 1.20 bits per heavy atom. The molecule has 0 fully saturated rings. The number of nitrogens with zero attached hydrogens (tertiary/aromatic N) is 2. The van der Waals surface area contributed by atoms with Gasteiger partial charge in [-0.1, -0.05) is 12.1 Å². The average molecular weight is 278 g/mol. The number of benzene rings is 1. The van der Waals surface area contributed by atoms with Crippen LogP contribution < -0.4 is 4.90 Å². The molecule has 0 bridgehead atoms. The van der Waals surface area contributed by atoms with E-state index in [1.807, 2.05) is 27.9 Å². The van der Waals surface area contributed by atoms with Crippen molar-refractivity contribution in [2.24, 2.45) is 0 Å². The van der Waals surface area contributed by atoms with Crippen molar-refractivity contribution in [3.63, 3.8) is 0 Å². The van der Waals surface area contributed by atoms with Crippen LogP contribution in [0, 0.1) is 0 Å². The summed E-state index contributed by atoms with van der Waals surface area (Å²) < 4.78 is 0. The molecule has 1 N–H and O–H groups in total. The predicted octanol–water partition coefficient (Wildman–Crippen LogP) is 1.91. The van der Waals surface area contributed by atoms with E-state index in [4.69, 9.17) is 5.11 Å². The number of aryl methyl sites for hydroxylation is 1. The Morgan fingerprint density at radius 2 is 1.80 bits per heavy atom. The smallest absolute Gasteiger partial charge is 0.223 e. The summed E-state index contributed by atoms with van der Waals surface area (Å²) in [5.41, 5.74) is 2.32. The first-order chi connectivity index (χ1) is 9.45. The van der Waals surface area contributed by atoms with Gasteiger partial charge in [-0.3, -0.25) is 4.79 Å². The summed E-state index contributed by atoms with van der Waals surface area (Å²) in [7, 11) is 4.02. The van der Waals surface area contributed by atoms with E-state index in [1.54, 1.807) is 4.90 Å². The fraction of sp³-hybridized carbons (Fsp3) is 0.562. The summed E-state index contributed by atoms with van der Waals surface area (Å²) in [6, 6.07) is 8.38. The molecule has 0 heterocycles. The van der Waals surface area contributed by atoms with Crippen molar-refractivity contribution in [3.05, 3.63) is 29.8 Å². The maximum absolute atomic E-state index is 12.1. The van der Waals surface area contributed by atoms with Crippen LogP contribution in [-0.2, 0) is 11.2 Å². The van der Waals surface area contributed by atoms with Crippen LogP contribution in [-0.4, -0.2) is 49.2 Å². The summed E-state index contributed by atoms with van der Waals surface area (Å²) in [4.78, 5) is 15.9. The molecule has 1 aromatic carbocycles. The van der Waals surface area contributed by atoms with E-state index in [9.17, 15) is 4.79 Å². The van der Waals surface area contributed by atoms with Crippen molar-refractivity contribution in [2.75, 3.05) is 32.1 Å². The molecule has 20 heavy (non-hydrogen) atoms. The number of aliphatic hydroxyl groups excluding tert-OH is 1. The summed E-state index contributed by atoms with van der Waals surface area (Å²) >= 11 is 0. The molecule has 4 nitrogen and oxygen atoms in total. The lowest BCUT2D eigenvalue weighted by Crippen LogP contribution is -2.39. The van der Waals surface area contributed by atoms with Crippen molar-refractivity contribution in [1.82, 2.24) is 4.90 Å². The second kappa shape index (κ2) is 7.90. The van der Waals surface area contributed by atoms with E-state index in [-0.39, 0.29) is 18.6 Å². The van der Waals surface area contributed by atoms with Gasteiger partial charge in [0.15, 0.2) is 0 Å². The predicted molar refractivity (Wildman–Crippen MR) is 83.0 cm³/mol. The SMILES string of the molecule is CC(C)N(CCO)C(=O)CCc1ccc(N(C)C)cc1. The molecule has 0 saturated heterocycles. The van der Waals surface area contributed by atoms with Crippen molar-refractivity contribution < 1.29 is 9.90 Å². The summed E-state index contributed by atoms with van der Waals surface area (Å²) in [5.74, 6) is 0.103. The molecule has 1 rings (SSSR count). The Morgan fingerprint density at radius 3 is 2.25 bits per heavy atom. The lowest BCUT2D eigenvalue weighted by Gasteiger charge is -2.26. The van der Waals surface area contributed by atoms with Gasteiger partial charge in [-0.15, -0.1) is 0 Å². The third kappa shape index (κ3) is 4.85. The fourth-order valence-electron chi connectivity index (χ4n) is 2.13. The maximum Gasteiger partial charge on any atom is 0.223 e. The number of amides is 1. The van der Waals surface area contributed by atoms with Crippen molar-refractivity contribution in [1.29, 1.82) is 0 Å². The van der Waals surface area contributed by atoms with Crippen LogP contribution in [0.15, 0.2) is 24.3 Å². The highest BCUT2D eigenvalue weighted by Gasteiger charge is 2.15. The van der Waals surface area contributed by atoms with Gasteiger partial charge in [-0.2, -0.15) is 0 Å². The highest BCUT2D eigenvalue weighted by Crippen LogP contribution is 2.14. The van der Waals surface area contributed by atoms with Crippen LogP contribution in [0.1, 0.15) is 25.8 Å². The molecule has 0 aromatic heterocycles. The number of aliphatic hydroxyl groups is 1. The van der Waals surface area contributed by atoms with E-state index < -0.39 is 0 Å². The number of hydrogen-bond donors (Lipinski definition) is 1. The van der Waals surface area contributed by atoms with Gasteiger partial charge in [-0.25, -0.2) is 0 Å². The Bertz CT molecular complexity index is 413. The zero-order valence-corrected chi connectivity index (χ0v) is 13.0. The summed E-state index contributed by atoms with van der Waals surface area (Å²) in [6.07, 6.45) is 1.22. The number of carbonyl (C=O) groups is 1. The van der Waals surface area contributed by atoms with Crippen LogP contribution in [0.4, 0.5) is 5.69 Å². The van der Waals surface area contributed by atoms with Gasteiger partial charge >= 0.3 is 0 Å². The van der Waals surface area contributed by atoms with E-state index in [1.165, 1.54) is 0 Å².